The van der Waals surface area contributed by atoms with Gasteiger partial charge in [-0.15, -0.1) is 11.3 Å². The minimum atomic E-state index is -0.513. The summed E-state index contributed by atoms with van der Waals surface area (Å²) in [4.78, 5) is 23.1. The second-order valence-electron chi connectivity index (χ2n) is 4.69. The smallest absolute Gasteiger partial charge is 0.271 e. The molecule has 0 bridgehead atoms. The molecule has 0 spiro atoms. The van der Waals surface area contributed by atoms with Gasteiger partial charge in [0, 0.05) is 23.9 Å². The van der Waals surface area contributed by atoms with Gasteiger partial charge in [0.2, 0.25) is 5.91 Å². The molecule has 0 fully saturated rings. The van der Waals surface area contributed by atoms with Crippen molar-refractivity contribution in [3.05, 3.63) is 63.7 Å². The van der Waals surface area contributed by atoms with Crippen LogP contribution in [0.3, 0.4) is 0 Å². The van der Waals surface area contributed by atoms with Crippen LogP contribution in [0.15, 0.2) is 52.4 Å². The van der Waals surface area contributed by atoms with Gasteiger partial charge in [-0.3, -0.25) is 14.9 Å². The maximum absolute atomic E-state index is 12.0. The molecule has 7 nitrogen and oxygen atoms in total. The Bertz CT molecular complexity index is 842. The summed E-state index contributed by atoms with van der Waals surface area (Å²) in [5.74, 6) is 0.287. The number of hydrogen-bond donors (Lipinski definition) is 1. The number of anilines is 1. The lowest BCUT2D eigenvalue weighted by atomic mass is 10.2. The first kappa shape index (κ1) is 14.9. The third-order valence-corrected chi connectivity index (χ3v) is 3.89. The Kier molecular flexibility index (Phi) is 4.15. The summed E-state index contributed by atoms with van der Waals surface area (Å²) in [6.07, 6.45) is 0.0254. The van der Waals surface area contributed by atoms with E-state index in [0.717, 1.165) is 4.88 Å². The van der Waals surface area contributed by atoms with Crippen molar-refractivity contribution in [1.29, 1.82) is 0 Å². The molecular formula is C15H11N3O4S. The number of carbonyl (C=O) groups excluding carboxylic acids is 1. The van der Waals surface area contributed by atoms with E-state index in [1.54, 1.807) is 12.1 Å². The SMILES string of the molecule is O=C(Cc1cc(-c2cccs2)on1)Nc1cccc([N+](=O)[O-])c1. The highest BCUT2D eigenvalue weighted by atomic mass is 32.1. The number of carbonyl (C=O) groups is 1. The number of nitro benzene ring substituents is 1. The predicted octanol–water partition coefficient (Wildman–Crippen LogP) is 3.49. The lowest BCUT2D eigenvalue weighted by Crippen LogP contribution is -2.14. The van der Waals surface area contributed by atoms with Crippen LogP contribution in [0.1, 0.15) is 5.69 Å². The zero-order valence-electron chi connectivity index (χ0n) is 11.8. The average Bonchev–Trinajstić information content (AvgIpc) is 3.18. The van der Waals surface area contributed by atoms with E-state index in [4.69, 9.17) is 4.52 Å². The summed E-state index contributed by atoms with van der Waals surface area (Å²) in [7, 11) is 0. The van der Waals surface area contributed by atoms with Crippen LogP contribution >= 0.6 is 11.3 Å². The largest absolute Gasteiger partial charge is 0.355 e. The number of rotatable bonds is 5. The highest BCUT2D eigenvalue weighted by Crippen LogP contribution is 2.25. The molecule has 0 radical (unpaired) electrons. The van der Waals surface area contributed by atoms with Gasteiger partial charge >= 0.3 is 0 Å². The minimum Gasteiger partial charge on any atom is -0.355 e. The number of nitrogens with one attached hydrogen (secondary N) is 1. The van der Waals surface area contributed by atoms with Crippen molar-refractivity contribution in [2.24, 2.45) is 0 Å². The molecule has 0 aliphatic carbocycles. The molecule has 0 atom stereocenters. The number of aromatic nitrogens is 1. The first-order valence-electron chi connectivity index (χ1n) is 6.65. The second kappa shape index (κ2) is 6.41. The van der Waals surface area contributed by atoms with E-state index < -0.39 is 4.92 Å². The fraction of sp³-hybridized carbons (Fsp3) is 0.0667. The number of nitro groups is 1. The quantitative estimate of drug-likeness (QED) is 0.570. The van der Waals surface area contributed by atoms with Crippen LogP contribution in [0.2, 0.25) is 0 Å². The van der Waals surface area contributed by atoms with Crippen molar-refractivity contribution in [3.63, 3.8) is 0 Å². The number of nitrogens with zero attached hydrogens (tertiary/aromatic N) is 2. The Morgan fingerprint density at radius 3 is 2.91 bits per heavy atom. The summed E-state index contributed by atoms with van der Waals surface area (Å²) < 4.78 is 5.20. The molecule has 2 heterocycles. The molecule has 0 saturated carbocycles. The fourth-order valence-corrected chi connectivity index (χ4v) is 2.67. The Hall–Kier alpha value is -3.00. The fourth-order valence-electron chi connectivity index (χ4n) is 2.00. The van der Waals surface area contributed by atoms with Crippen LogP contribution in [0.25, 0.3) is 10.6 Å². The molecule has 1 N–H and O–H groups in total. The van der Waals surface area contributed by atoms with Crippen LogP contribution in [0, 0.1) is 10.1 Å². The molecule has 8 heteroatoms. The molecule has 1 amide bonds. The van der Waals surface area contributed by atoms with Gasteiger partial charge in [0.05, 0.1) is 21.9 Å². The first-order chi connectivity index (χ1) is 11.1. The molecule has 2 aromatic heterocycles. The van der Waals surface area contributed by atoms with E-state index in [0.29, 0.717) is 17.1 Å². The lowest BCUT2D eigenvalue weighted by molar-refractivity contribution is -0.384. The van der Waals surface area contributed by atoms with Crippen LogP contribution in [0.4, 0.5) is 11.4 Å². The number of non-ortho nitro benzene ring substituents is 1. The van der Waals surface area contributed by atoms with Crippen molar-refractivity contribution in [3.8, 4) is 10.6 Å². The van der Waals surface area contributed by atoms with Gasteiger partial charge in [0.15, 0.2) is 5.76 Å². The van der Waals surface area contributed by atoms with Crippen LogP contribution in [-0.2, 0) is 11.2 Å². The van der Waals surface area contributed by atoms with Gasteiger partial charge in [-0.2, -0.15) is 0 Å². The van der Waals surface area contributed by atoms with E-state index in [9.17, 15) is 14.9 Å². The highest BCUT2D eigenvalue weighted by Gasteiger charge is 2.12. The Morgan fingerprint density at radius 1 is 1.30 bits per heavy atom. The van der Waals surface area contributed by atoms with Crippen molar-refractivity contribution in [2.75, 3.05) is 5.32 Å². The molecule has 0 aliphatic rings. The molecule has 0 unspecified atom stereocenters. The second-order valence-corrected chi connectivity index (χ2v) is 5.64. The summed E-state index contributed by atoms with van der Waals surface area (Å²) in [5.41, 5.74) is 0.784. The van der Waals surface area contributed by atoms with Crippen molar-refractivity contribution in [1.82, 2.24) is 5.16 Å². The third-order valence-electron chi connectivity index (χ3n) is 3.01. The minimum absolute atomic E-state index is 0.0254. The van der Waals surface area contributed by atoms with Gasteiger partial charge in [0.1, 0.15) is 0 Å². The Morgan fingerprint density at radius 2 is 2.17 bits per heavy atom. The predicted molar refractivity (Wildman–Crippen MR) is 85.2 cm³/mol. The summed E-state index contributed by atoms with van der Waals surface area (Å²) in [5, 5.41) is 19.1. The zero-order valence-corrected chi connectivity index (χ0v) is 12.6. The van der Waals surface area contributed by atoms with Gasteiger partial charge in [-0.1, -0.05) is 17.3 Å². The van der Waals surface area contributed by atoms with Gasteiger partial charge in [0.25, 0.3) is 5.69 Å². The normalized spacial score (nSPS) is 10.4. The number of thiophene rings is 1. The van der Waals surface area contributed by atoms with Gasteiger partial charge in [-0.25, -0.2) is 0 Å². The van der Waals surface area contributed by atoms with Crippen LogP contribution in [0.5, 0.6) is 0 Å². The maximum Gasteiger partial charge on any atom is 0.271 e. The Labute approximate surface area is 134 Å². The monoisotopic (exact) mass is 329 g/mol. The standard InChI is InChI=1S/C15H11N3O4S/c19-15(16-10-3-1-4-12(7-10)18(20)21)9-11-8-13(22-17-11)14-5-2-6-23-14/h1-8H,9H2,(H,16,19). The van der Waals surface area contributed by atoms with Crippen LogP contribution in [-0.4, -0.2) is 16.0 Å². The Balaban J connectivity index is 1.66. The number of hydrogen-bond acceptors (Lipinski definition) is 6. The van der Waals surface area contributed by atoms with Gasteiger partial charge < -0.3 is 9.84 Å². The summed E-state index contributed by atoms with van der Waals surface area (Å²) in [6, 6.07) is 11.3. The van der Waals surface area contributed by atoms with E-state index in [-0.39, 0.29) is 18.0 Å². The molecule has 0 aliphatic heterocycles. The summed E-state index contributed by atoms with van der Waals surface area (Å²) in [6.45, 7) is 0. The molecule has 116 valence electrons. The lowest BCUT2D eigenvalue weighted by Gasteiger charge is -2.03. The molecule has 3 rings (SSSR count). The van der Waals surface area contributed by atoms with E-state index in [1.807, 2.05) is 17.5 Å². The number of amides is 1. The molecule has 3 aromatic rings. The summed E-state index contributed by atoms with van der Waals surface area (Å²) >= 11 is 1.52. The molecule has 1 aromatic carbocycles. The van der Waals surface area contributed by atoms with Crippen molar-refractivity contribution >= 4 is 28.6 Å². The third kappa shape index (κ3) is 3.61. The zero-order chi connectivity index (χ0) is 16.2. The van der Waals surface area contributed by atoms with E-state index in [2.05, 4.69) is 10.5 Å². The van der Waals surface area contributed by atoms with Crippen molar-refractivity contribution < 1.29 is 14.2 Å². The molecule has 0 saturated heterocycles. The maximum atomic E-state index is 12.0. The van der Waals surface area contributed by atoms with Gasteiger partial charge in [-0.05, 0) is 17.5 Å². The van der Waals surface area contributed by atoms with Crippen LogP contribution < -0.4 is 5.32 Å². The molecule has 23 heavy (non-hydrogen) atoms. The average molecular weight is 329 g/mol. The van der Waals surface area contributed by atoms with E-state index >= 15 is 0 Å². The first-order valence-corrected chi connectivity index (χ1v) is 7.53. The van der Waals surface area contributed by atoms with E-state index in [1.165, 1.54) is 29.5 Å². The number of benzene rings is 1. The topological polar surface area (TPSA) is 98.3 Å². The molecular weight excluding hydrogens is 318 g/mol. The highest BCUT2D eigenvalue weighted by molar-refractivity contribution is 7.13. The van der Waals surface area contributed by atoms with Crippen molar-refractivity contribution in [2.45, 2.75) is 6.42 Å².